The summed E-state index contributed by atoms with van der Waals surface area (Å²) < 4.78 is 16.8. The van der Waals surface area contributed by atoms with E-state index >= 15 is 0 Å². The molecule has 1 unspecified atom stereocenters. The number of anilines is 2. The SMILES string of the molecule is c1cnc2c(Nc3ccc4c(OC5CCCOC5)noc4c3)n[nH]c2c1. The first-order valence-electron chi connectivity index (χ1n) is 8.57. The van der Waals surface area contributed by atoms with Gasteiger partial charge in [-0.15, -0.1) is 0 Å². The Labute approximate surface area is 148 Å². The van der Waals surface area contributed by atoms with E-state index in [1.807, 2.05) is 30.3 Å². The highest BCUT2D eigenvalue weighted by atomic mass is 16.6. The Balaban J connectivity index is 1.40. The third kappa shape index (κ3) is 2.74. The van der Waals surface area contributed by atoms with Gasteiger partial charge in [0.05, 0.1) is 17.5 Å². The van der Waals surface area contributed by atoms with Gasteiger partial charge in [0.1, 0.15) is 11.6 Å². The maximum atomic E-state index is 5.93. The van der Waals surface area contributed by atoms with Crippen molar-refractivity contribution in [2.24, 2.45) is 0 Å². The van der Waals surface area contributed by atoms with Crippen molar-refractivity contribution in [2.75, 3.05) is 18.5 Å². The number of benzene rings is 1. The van der Waals surface area contributed by atoms with Crippen LogP contribution in [0.2, 0.25) is 0 Å². The molecule has 3 aromatic heterocycles. The second kappa shape index (κ2) is 6.30. The van der Waals surface area contributed by atoms with Gasteiger partial charge >= 0.3 is 0 Å². The summed E-state index contributed by atoms with van der Waals surface area (Å²) in [7, 11) is 0. The third-order valence-corrected chi connectivity index (χ3v) is 4.42. The highest BCUT2D eigenvalue weighted by Gasteiger charge is 2.19. The summed E-state index contributed by atoms with van der Waals surface area (Å²) in [4.78, 5) is 4.34. The minimum Gasteiger partial charge on any atom is -0.469 e. The second-order valence-corrected chi connectivity index (χ2v) is 6.25. The first-order valence-corrected chi connectivity index (χ1v) is 8.57. The topological polar surface area (TPSA) is 98.1 Å². The molecule has 8 heteroatoms. The molecule has 0 amide bonds. The van der Waals surface area contributed by atoms with Gasteiger partial charge in [-0.05, 0) is 42.3 Å². The number of fused-ring (bicyclic) bond motifs is 2. The van der Waals surface area contributed by atoms with Crippen molar-refractivity contribution >= 4 is 33.5 Å². The predicted octanol–water partition coefficient (Wildman–Crippen LogP) is 3.40. The standard InChI is InChI=1S/C18H17N5O3/c1-4-14-16(19-7-1)17(22-21-14)20-11-5-6-13-15(9-11)26-23-18(13)25-12-3-2-8-24-10-12/h1,4-7,9,12H,2-3,8,10H2,(H2,20,21,22). The van der Waals surface area contributed by atoms with E-state index in [2.05, 4.69) is 25.7 Å². The van der Waals surface area contributed by atoms with Gasteiger partial charge in [-0.2, -0.15) is 5.10 Å². The molecule has 132 valence electrons. The second-order valence-electron chi connectivity index (χ2n) is 6.25. The Morgan fingerprint density at radius 1 is 1.27 bits per heavy atom. The average Bonchev–Trinajstić information content (AvgIpc) is 3.27. The van der Waals surface area contributed by atoms with E-state index in [0.29, 0.717) is 23.9 Å². The lowest BCUT2D eigenvalue weighted by Crippen LogP contribution is -2.28. The van der Waals surface area contributed by atoms with Gasteiger partial charge in [0.15, 0.2) is 11.4 Å². The normalized spacial score (nSPS) is 17.6. The third-order valence-electron chi connectivity index (χ3n) is 4.42. The molecule has 1 fully saturated rings. The Morgan fingerprint density at radius 3 is 3.19 bits per heavy atom. The molecule has 1 aliphatic rings. The van der Waals surface area contributed by atoms with Gasteiger partial charge in [0, 0.05) is 24.6 Å². The van der Waals surface area contributed by atoms with E-state index < -0.39 is 0 Å². The number of H-pyrrole nitrogens is 1. The van der Waals surface area contributed by atoms with E-state index in [0.717, 1.165) is 41.6 Å². The fourth-order valence-electron chi connectivity index (χ4n) is 3.12. The fraction of sp³-hybridized carbons (Fsp3) is 0.278. The minimum absolute atomic E-state index is 0.0244. The molecule has 1 aromatic carbocycles. The highest BCUT2D eigenvalue weighted by Crippen LogP contribution is 2.30. The number of nitrogens with one attached hydrogen (secondary N) is 2. The van der Waals surface area contributed by atoms with Crippen molar-refractivity contribution in [3.8, 4) is 5.88 Å². The van der Waals surface area contributed by atoms with Crippen LogP contribution >= 0.6 is 0 Å². The summed E-state index contributed by atoms with van der Waals surface area (Å²) in [5, 5.41) is 15.4. The van der Waals surface area contributed by atoms with Gasteiger partial charge in [-0.3, -0.25) is 10.1 Å². The molecule has 0 spiro atoms. The van der Waals surface area contributed by atoms with E-state index in [1.165, 1.54) is 0 Å². The number of aromatic amines is 1. The summed E-state index contributed by atoms with van der Waals surface area (Å²) in [5.74, 6) is 1.17. The molecule has 8 nitrogen and oxygen atoms in total. The molecule has 2 N–H and O–H groups in total. The molecule has 0 saturated carbocycles. The van der Waals surface area contributed by atoms with Crippen LogP contribution in [0.3, 0.4) is 0 Å². The van der Waals surface area contributed by atoms with E-state index in [-0.39, 0.29) is 6.10 Å². The molecule has 1 saturated heterocycles. The van der Waals surface area contributed by atoms with Gasteiger partial charge in [-0.1, -0.05) is 0 Å². The van der Waals surface area contributed by atoms with E-state index in [4.69, 9.17) is 14.0 Å². The lowest BCUT2D eigenvalue weighted by atomic mass is 10.2. The molecular formula is C18H17N5O3. The molecule has 0 aliphatic carbocycles. The number of ether oxygens (including phenoxy) is 2. The van der Waals surface area contributed by atoms with Crippen LogP contribution in [0.15, 0.2) is 41.1 Å². The molecule has 0 bridgehead atoms. The van der Waals surface area contributed by atoms with Crippen LogP contribution in [0, 0.1) is 0 Å². The first kappa shape index (κ1) is 15.2. The Hall–Kier alpha value is -3.13. The first-order chi connectivity index (χ1) is 12.9. The molecule has 0 radical (unpaired) electrons. The van der Waals surface area contributed by atoms with Crippen LogP contribution in [0.25, 0.3) is 22.0 Å². The van der Waals surface area contributed by atoms with Crippen LogP contribution < -0.4 is 10.1 Å². The largest absolute Gasteiger partial charge is 0.469 e. The van der Waals surface area contributed by atoms with E-state index in [1.54, 1.807) is 6.20 Å². The minimum atomic E-state index is 0.0244. The van der Waals surface area contributed by atoms with Crippen molar-refractivity contribution in [1.82, 2.24) is 20.3 Å². The van der Waals surface area contributed by atoms with Crippen molar-refractivity contribution in [1.29, 1.82) is 0 Å². The van der Waals surface area contributed by atoms with Crippen molar-refractivity contribution in [3.05, 3.63) is 36.5 Å². The van der Waals surface area contributed by atoms with Crippen LogP contribution in [-0.2, 0) is 4.74 Å². The van der Waals surface area contributed by atoms with Crippen molar-refractivity contribution in [3.63, 3.8) is 0 Å². The van der Waals surface area contributed by atoms with Crippen molar-refractivity contribution in [2.45, 2.75) is 18.9 Å². The maximum absolute atomic E-state index is 5.93. The Bertz CT molecular complexity index is 1050. The number of hydrogen-bond donors (Lipinski definition) is 2. The number of hydrogen-bond acceptors (Lipinski definition) is 7. The summed E-state index contributed by atoms with van der Waals surface area (Å²) >= 11 is 0. The lowest BCUT2D eigenvalue weighted by Gasteiger charge is -2.21. The zero-order valence-electron chi connectivity index (χ0n) is 13.9. The lowest BCUT2D eigenvalue weighted by molar-refractivity contribution is 0.00483. The van der Waals surface area contributed by atoms with Crippen molar-refractivity contribution < 1.29 is 14.0 Å². The van der Waals surface area contributed by atoms with Crippen LogP contribution in [0.4, 0.5) is 11.5 Å². The number of aromatic nitrogens is 4. The molecule has 1 aliphatic heterocycles. The van der Waals surface area contributed by atoms with Gasteiger partial charge in [0.25, 0.3) is 5.88 Å². The fourth-order valence-corrected chi connectivity index (χ4v) is 3.12. The molecule has 1 atom stereocenters. The zero-order valence-corrected chi connectivity index (χ0v) is 13.9. The highest BCUT2D eigenvalue weighted by molar-refractivity contribution is 5.90. The monoisotopic (exact) mass is 351 g/mol. The Kier molecular flexibility index (Phi) is 3.67. The van der Waals surface area contributed by atoms with Crippen LogP contribution in [0.1, 0.15) is 12.8 Å². The summed E-state index contributed by atoms with van der Waals surface area (Å²) in [6, 6.07) is 9.53. The summed E-state index contributed by atoms with van der Waals surface area (Å²) in [6.07, 6.45) is 3.73. The molecule has 4 aromatic rings. The smallest absolute Gasteiger partial charge is 0.262 e. The number of rotatable bonds is 4. The molecule has 4 heterocycles. The summed E-state index contributed by atoms with van der Waals surface area (Å²) in [6.45, 7) is 1.39. The van der Waals surface area contributed by atoms with Gasteiger partial charge < -0.3 is 19.3 Å². The summed E-state index contributed by atoms with van der Waals surface area (Å²) in [5.41, 5.74) is 3.14. The van der Waals surface area contributed by atoms with Crippen LogP contribution in [-0.4, -0.2) is 39.7 Å². The zero-order chi connectivity index (χ0) is 17.3. The van der Waals surface area contributed by atoms with Crippen LogP contribution in [0.5, 0.6) is 5.88 Å². The number of nitrogens with zero attached hydrogens (tertiary/aromatic N) is 3. The molecular weight excluding hydrogens is 334 g/mol. The van der Waals surface area contributed by atoms with Gasteiger partial charge in [-0.25, -0.2) is 0 Å². The Morgan fingerprint density at radius 2 is 2.27 bits per heavy atom. The molecule has 5 rings (SSSR count). The predicted molar refractivity (Wildman–Crippen MR) is 95.6 cm³/mol. The quantitative estimate of drug-likeness (QED) is 0.581. The number of pyridine rings is 1. The maximum Gasteiger partial charge on any atom is 0.262 e. The molecule has 26 heavy (non-hydrogen) atoms. The van der Waals surface area contributed by atoms with Gasteiger partial charge in [0.2, 0.25) is 0 Å². The average molecular weight is 351 g/mol. The van der Waals surface area contributed by atoms with E-state index in [9.17, 15) is 0 Å².